The molecule has 40 heavy (non-hydrogen) atoms. The van der Waals surface area contributed by atoms with Gasteiger partial charge in [0.15, 0.2) is 6.10 Å². The number of pyridine rings is 2. The van der Waals surface area contributed by atoms with Crippen LogP contribution in [0.1, 0.15) is 66.7 Å². The molecule has 2 aromatic heterocycles. The third-order valence-electron chi connectivity index (χ3n) is 7.55. The largest absolute Gasteiger partial charge is 0.458 e. The van der Waals surface area contributed by atoms with Gasteiger partial charge in [-0.05, 0) is 55.9 Å². The van der Waals surface area contributed by atoms with E-state index in [-0.39, 0.29) is 30.2 Å². The quantitative estimate of drug-likeness (QED) is 0.325. The first-order valence-electron chi connectivity index (χ1n) is 13.3. The predicted octanol–water partition coefficient (Wildman–Crippen LogP) is 2.31. The highest BCUT2D eigenvalue weighted by Gasteiger charge is 2.35. The second-order valence-corrected chi connectivity index (χ2v) is 10.2. The monoisotopic (exact) mass is 554 g/mol. The Morgan fingerprint density at radius 2 is 1.90 bits per heavy atom. The number of primary amides is 1. The topological polar surface area (TPSA) is 160 Å². The number of nitrogens with two attached hydrogens (primary N) is 2. The number of fused-ring (bicyclic) bond motifs is 5. The van der Waals surface area contributed by atoms with Crippen molar-refractivity contribution in [1.29, 1.82) is 0 Å². The molecule has 214 valence electrons. The van der Waals surface area contributed by atoms with Gasteiger partial charge in [-0.15, -0.1) is 0 Å². The van der Waals surface area contributed by atoms with Crippen molar-refractivity contribution in [2.24, 2.45) is 11.5 Å². The van der Waals surface area contributed by atoms with E-state index in [0.29, 0.717) is 34.6 Å². The first kappa shape index (κ1) is 29.3. The average Bonchev–Trinajstić information content (AvgIpc) is 3.30. The molecule has 0 saturated heterocycles. The fourth-order valence-electron chi connectivity index (χ4n) is 5.43. The summed E-state index contributed by atoms with van der Waals surface area (Å²) in [6.45, 7) is 7.73. The molecule has 1 amide bonds. The molecule has 4 heterocycles. The van der Waals surface area contributed by atoms with E-state index in [9.17, 15) is 23.9 Å². The van der Waals surface area contributed by atoms with E-state index in [1.54, 1.807) is 17.6 Å². The number of rotatable bonds is 3. The number of aromatic nitrogens is 2. The molecule has 2 unspecified atom stereocenters. The minimum Gasteiger partial charge on any atom is -0.458 e. The molecule has 2 aliphatic heterocycles. The number of cyclic esters (lactones) is 1. The van der Waals surface area contributed by atoms with Crippen LogP contribution < -0.4 is 17.0 Å². The second kappa shape index (κ2) is 11.1. The molecule has 3 aliphatic rings. The van der Waals surface area contributed by atoms with E-state index in [0.717, 1.165) is 41.3 Å². The summed E-state index contributed by atoms with van der Waals surface area (Å²) in [6.07, 6.45) is 1.12. The van der Waals surface area contributed by atoms with E-state index in [1.807, 2.05) is 13.8 Å². The van der Waals surface area contributed by atoms with E-state index in [4.69, 9.17) is 21.2 Å². The van der Waals surface area contributed by atoms with Crippen LogP contribution in [0, 0.1) is 12.7 Å². The number of hydrogen-bond donors (Lipinski definition) is 3. The Morgan fingerprint density at radius 1 is 1.23 bits per heavy atom. The van der Waals surface area contributed by atoms with Crippen molar-refractivity contribution in [2.75, 3.05) is 13.7 Å². The highest BCUT2D eigenvalue weighted by atomic mass is 19.1. The van der Waals surface area contributed by atoms with E-state index in [2.05, 4.69) is 4.74 Å². The summed E-state index contributed by atoms with van der Waals surface area (Å²) >= 11 is 0. The molecule has 0 saturated carbocycles. The van der Waals surface area contributed by atoms with Crippen LogP contribution in [0.15, 0.2) is 16.9 Å². The first-order chi connectivity index (χ1) is 19.0. The number of aryl methyl sites for hydroxylation is 2. The maximum atomic E-state index is 14.5. The van der Waals surface area contributed by atoms with Crippen LogP contribution in [-0.2, 0) is 45.1 Å². The lowest BCUT2D eigenvalue weighted by molar-refractivity contribution is -0.157. The standard InChI is InChI=1S/C22H17FN2O4.C5H12N2O2.C2H6/c1-9-10-3-2-4-11-13-7-25-17(19(13)24-16(18(10)11)6-15(9)23)5-12-14(21(25)27)8-29-22(28)20(12)26;1-5(7,3-9-2)4(6)8;1-2/h5-6,20,26H,2-4,7-8H2,1H3;3,7H2,1-2H3,(H2,6,8);1-2H3. The van der Waals surface area contributed by atoms with Crippen LogP contribution in [0.25, 0.3) is 22.3 Å². The molecular weight excluding hydrogens is 519 g/mol. The van der Waals surface area contributed by atoms with Gasteiger partial charge < -0.3 is 30.6 Å². The number of carbonyl (C=O) groups is 2. The normalized spacial score (nSPS) is 17.7. The lowest BCUT2D eigenvalue weighted by atomic mass is 9.85. The summed E-state index contributed by atoms with van der Waals surface area (Å²) in [4.78, 5) is 40.0. The molecule has 3 aromatic rings. The lowest BCUT2D eigenvalue weighted by Crippen LogP contribution is -2.52. The maximum Gasteiger partial charge on any atom is 0.340 e. The molecule has 0 fully saturated rings. The minimum atomic E-state index is -1.48. The molecule has 1 aliphatic carbocycles. The van der Waals surface area contributed by atoms with Gasteiger partial charge in [-0.2, -0.15) is 0 Å². The number of hydrogen-bond acceptors (Lipinski definition) is 8. The fraction of sp³-hybridized carbons (Fsp3) is 0.448. The summed E-state index contributed by atoms with van der Waals surface area (Å²) in [6, 6.07) is 3.13. The number of carbonyl (C=O) groups excluding carboxylic acids is 2. The van der Waals surface area contributed by atoms with Crippen molar-refractivity contribution in [2.45, 2.75) is 71.8 Å². The van der Waals surface area contributed by atoms with Gasteiger partial charge in [0.25, 0.3) is 5.56 Å². The number of esters is 1. The van der Waals surface area contributed by atoms with Crippen molar-refractivity contribution >= 4 is 22.8 Å². The Bertz CT molecular complexity index is 1580. The Balaban J connectivity index is 0.000000290. The summed E-state index contributed by atoms with van der Waals surface area (Å²) in [7, 11) is 1.47. The number of methoxy groups -OCH3 is 1. The predicted molar refractivity (Wildman–Crippen MR) is 147 cm³/mol. The number of ether oxygens (including phenoxy) is 2. The number of halogens is 1. The Hall–Kier alpha value is -3.67. The Labute approximate surface area is 231 Å². The zero-order valence-corrected chi connectivity index (χ0v) is 23.4. The van der Waals surface area contributed by atoms with Crippen LogP contribution in [0.3, 0.4) is 0 Å². The summed E-state index contributed by atoms with van der Waals surface area (Å²) in [5.41, 5.74) is 15.1. The average molecular weight is 555 g/mol. The number of nitrogens with zero attached hydrogens (tertiary/aromatic N) is 2. The number of aliphatic hydroxyl groups excluding tert-OH is 1. The molecule has 11 heteroatoms. The molecule has 2 atom stereocenters. The van der Waals surface area contributed by atoms with Crippen molar-refractivity contribution in [1.82, 2.24) is 9.55 Å². The van der Waals surface area contributed by atoms with Gasteiger partial charge in [0.2, 0.25) is 5.91 Å². The highest BCUT2D eigenvalue weighted by molar-refractivity contribution is 5.92. The van der Waals surface area contributed by atoms with Gasteiger partial charge in [-0.3, -0.25) is 9.59 Å². The smallest absolute Gasteiger partial charge is 0.340 e. The van der Waals surface area contributed by atoms with Gasteiger partial charge in [-0.25, -0.2) is 14.2 Å². The van der Waals surface area contributed by atoms with Crippen molar-refractivity contribution in [3.05, 3.63) is 61.7 Å². The van der Waals surface area contributed by atoms with E-state index < -0.39 is 23.5 Å². The van der Waals surface area contributed by atoms with Crippen LogP contribution in [0.4, 0.5) is 4.39 Å². The lowest BCUT2D eigenvalue weighted by Gasteiger charge is -2.22. The summed E-state index contributed by atoms with van der Waals surface area (Å²) in [5, 5.41) is 11.2. The third-order valence-corrected chi connectivity index (χ3v) is 7.55. The molecule has 10 nitrogen and oxygen atoms in total. The molecule has 0 radical (unpaired) electrons. The first-order valence-corrected chi connectivity index (χ1v) is 13.3. The number of aliphatic hydroxyl groups is 1. The summed E-state index contributed by atoms with van der Waals surface area (Å²) in [5.74, 6) is -1.58. The zero-order chi connectivity index (χ0) is 29.5. The van der Waals surface area contributed by atoms with Crippen LogP contribution >= 0.6 is 0 Å². The van der Waals surface area contributed by atoms with Crippen molar-refractivity contribution in [3.8, 4) is 11.4 Å². The maximum absolute atomic E-state index is 14.5. The van der Waals surface area contributed by atoms with Gasteiger partial charge in [0.05, 0.1) is 35.6 Å². The zero-order valence-electron chi connectivity index (χ0n) is 23.4. The molecule has 6 rings (SSSR count). The Kier molecular flexibility index (Phi) is 8.11. The van der Waals surface area contributed by atoms with Crippen molar-refractivity contribution < 1.29 is 28.6 Å². The molecule has 1 aromatic carbocycles. The minimum absolute atomic E-state index is 0.141. The Morgan fingerprint density at radius 3 is 2.52 bits per heavy atom. The van der Waals surface area contributed by atoms with E-state index >= 15 is 0 Å². The third kappa shape index (κ3) is 4.78. The molecule has 5 N–H and O–H groups in total. The SMILES string of the molecule is CC.COCC(C)(N)C(N)=O.Cc1c(F)cc2nc3c(c4c2c1CCC4)Cn1c-3cc2c(c1=O)COC(=O)C2O. The van der Waals surface area contributed by atoms with E-state index in [1.165, 1.54) is 20.1 Å². The highest BCUT2D eigenvalue weighted by Crippen LogP contribution is 2.41. The summed E-state index contributed by atoms with van der Waals surface area (Å²) < 4.78 is 25.7. The van der Waals surface area contributed by atoms with Crippen molar-refractivity contribution in [3.63, 3.8) is 0 Å². The van der Waals surface area contributed by atoms with Gasteiger partial charge in [-0.1, -0.05) is 13.8 Å². The number of amides is 1. The van der Waals surface area contributed by atoms with Crippen LogP contribution in [-0.4, -0.2) is 45.8 Å². The molecule has 0 bridgehead atoms. The van der Waals surface area contributed by atoms with Crippen LogP contribution in [0.5, 0.6) is 0 Å². The molecular formula is C29H35FN4O6. The van der Waals surface area contributed by atoms with Gasteiger partial charge >= 0.3 is 5.97 Å². The fourth-order valence-corrected chi connectivity index (χ4v) is 5.43. The van der Waals surface area contributed by atoms with Gasteiger partial charge in [0.1, 0.15) is 18.0 Å². The van der Waals surface area contributed by atoms with Crippen LogP contribution in [0.2, 0.25) is 0 Å². The van der Waals surface area contributed by atoms with Gasteiger partial charge in [0, 0.05) is 29.7 Å². The molecule has 0 spiro atoms. The number of benzene rings is 1. The second-order valence-electron chi connectivity index (χ2n) is 10.2.